The van der Waals surface area contributed by atoms with Gasteiger partial charge < -0.3 is 5.32 Å². The molecule has 1 aromatic rings. The van der Waals surface area contributed by atoms with Crippen molar-refractivity contribution in [1.29, 1.82) is 0 Å². The number of carbonyl (C=O) groups is 3. The maximum atomic E-state index is 11.9. The summed E-state index contributed by atoms with van der Waals surface area (Å²) in [6.07, 6.45) is 1.95. The smallest absolute Gasteiger partial charge is 0.299 e. The average molecular weight is 279 g/mol. The van der Waals surface area contributed by atoms with Crippen LogP contribution in [0.5, 0.6) is 0 Å². The molecular weight excluding hydrogens is 268 g/mol. The molecule has 1 aliphatic carbocycles. The first-order valence-electron chi connectivity index (χ1n) is 6.01. The first kappa shape index (κ1) is 12.2. The second-order valence-electron chi connectivity index (χ2n) is 4.72. The number of nitrogens with one attached hydrogen (secondary N) is 1. The number of amides is 2. The average Bonchev–Trinajstić information content (AvgIpc) is 3.14. The SMILES string of the molecule is O=C(CN1C(=O)C(=O)c2cc(Cl)ccc21)NC1CC1. The van der Waals surface area contributed by atoms with E-state index in [1.54, 1.807) is 12.1 Å². The summed E-state index contributed by atoms with van der Waals surface area (Å²) in [6, 6.07) is 4.87. The van der Waals surface area contributed by atoms with Gasteiger partial charge in [0.15, 0.2) is 0 Å². The van der Waals surface area contributed by atoms with Crippen molar-refractivity contribution in [2.24, 2.45) is 0 Å². The highest BCUT2D eigenvalue weighted by atomic mass is 35.5. The minimum Gasteiger partial charge on any atom is -0.352 e. The molecule has 98 valence electrons. The van der Waals surface area contributed by atoms with Crippen LogP contribution in [0.4, 0.5) is 5.69 Å². The number of carbonyl (C=O) groups excluding carboxylic acids is 3. The summed E-state index contributed by atoms with van der Waals surface area (Å²) in [5.74, 6) is -1.54. The van der Waals surface area contributed by atoms with Crippen LogP contribution in [0.1, 0.15) is 23.2 Å². The highest BCUT2D eigenvalue weighted by molar-refractivity contribution is 6.53. The van der Waals surface area contributed by atoms with E-state index >= 15 is 0 Å². The third-order valence-corrected chi connectivity index (χ3v) is 3.41. The van der Waals surface area contributed by atoms with Gasteiger partial charge in [-0.1, -0.05) is 11.6 Å². The second-order valence-corrected chi connectivity index (χ2v) is 5.16. The molecule has 1 N–H and O–H groups in total. The molecule has 0 saturated heterocycles. The molecule has 2 amide bonds. The summed E-state index contributed by atoms with van der Waals surface area (Å²) in [5, 5.41) is 3.18. The van der Waals surface area contributed by atoms with Crippen LogP contribution in [-0.4, -0.2) is 30.2 Å². The van der Waals surface area contributed by atoms with Crippen LogP contribution < -0.4 is 10.2 Å². The van der Waals surface area contributed by atoms with Gasteiger partial charge in [0.05, 0.1) is 11.3 Å². The molecule has 6 heteroatoms. The zero-order valence-electron chi connectivity index (χ0n) is 9.98. The third-order valence-electron chi connectivity index (χ3n) is 3.18. The van der Waals surface area contributed by atoms with Crippen LogP contribution in [0.25, 0.3) is 0 Å². The maximum Gasteiger partial charge on any atom is 0.299 e. The van der Waals surface area contributed by atoms with Crippen LogP contribution in [-0.2, 0) is 9.59 Å². The molecule has 0 unspecified atom stereocenters. The van der Waals surface area contributed by atoms with E-state index in [0.717, 1.165) is 12.8 Å². The molecule has 0 radical (unpaired) electrons. The molecule has 3 rings (SSSR count). The number of halogens is 1. The Labute approximate surface area is 114 Å². The third kappa shape index (κ3) is 2.21. The summed E-state index contributed by atoms with van der Waals surface area (Å²) in [5.41, 5.74) is 0.710. The van der Waals surface area contributed by atoms with Gasteiger partial charge in [-0.25, -0.2) is 0 Å². The van der Waals surface area contributed by atoms with E-state index in [9.17, 15) is 14.4 Å². The quantitative estimate of drug-likeness (QED) is 0.844. The number of rotatable bonds is 3. The Hall–Kier alpha value is -1.88. The predicted octanol–water partition coefficient (Wildman–Crippen LogP) is 1.15. The van der Waals surface area contributed by atoms with Crippen LogP contribution in [0, 0.1) is 0 Å². The van der Waals surface area contributed by atoms with Crippen LogP contribution >= 0.6 is 11.6 Å². The van der Waals surface area contributed by atoms with E-state index in [2.05, 4.69) is 5.32 Å². The summed E-state index contributed by atoms with van der Waals surface area (Å²) in [7, 11) is 0. The largest absolute Gasteiger partial charge is 0.352 e. The summed E-state index contributed by atoms with van der Waals surface area (Å²) < 4.78 is 0. The van der Waals surface area contributed by atoms with Gasteiger partial charge in [0.25, 0.3) is 11.7 Å². The Balaban J connectivity index is 1.84. The number of hydrogen-bond donors (Lipinski definition) is 1. The van der Waals surface area contributed by atoms with E-state index < -0.39 is 11.7 Å². The van der Waals surface area contributed by atoms with Crippen molar-refractivity contribution >= 4 is 34.9 Å². The Morgan fingerprint density at radius 1 is 1.37 bits per heavy atom. The zero-order valence-corrected chi connectivity index (χ0v) is 10.7. The molecule has 1 fully saturated rings. The number of hydrogen-bond acceptors (Lipinski definition) is 3. The minimum atomic E-state index is -0.678. The predicted molar refractivity (Wildman–Crippen MR) is 69.3 cm³/mol. The number of fused-ring (bicyclic) bond motifs is 1. The lowest BCUT2D eigenvalue weighted by Crippen LogP contribution is -2.40. The van der Waals surface area contributed by atoms with Gasteiger partial charge >= 0.3 is 0 Å². The molecule has 1 aromatic carbocycles. The molecule has 0 atom stereocenters. The monoisotopic (exact) mass is 278 g/mol. The molecule has 1 aliphatic heterocycles. The van der Waals surface area contributed by atoms with Crippen molar-refractivity contribution in [1.82, 2.24) is 5.32 Å². The molecule has 0 aromatic heterocycles. The maximum absolute atomic E-state index is 11.9. The highest BCUT2D eigenvalue weighted by Crippen LogP contribution is 2.31. The Morgan fingerprint density at radius 2 is 2.11 bits per heavy atom. The first-order chi connectivity index (χ1) is 9.06. The Kier molecular flexibility index (Phi) is 2.78. The number of anilines is 1. The van der Waals surface area contributed by atoms with Crippen LogP contribution in [0.15, 0.2) is 18.2 Å². The zero-order chi connectivity index (χ0) is 13.6. The van der Waals surface area contributed by atoms with Gasteiger partial charge in [-0.3, -0.25) is 19.3 Å². The lowest BCUT2D eigenvalue weighted by Gasteiger charge is -2.15. The Morgan fingerprint density at radius 3 is 2.79 bits per heavy atom. The number of ketones is 1. The van der Waals surface area contributed by atoms with Gasteiger partial charge in [-0.2, -0.15) is 0 Å². The molecule has 5 nitrogen and oxygen atoms in total. The first-order valence-corrected chi connectivity index (χ1v) is 6.39. The fourth-order valence-corrected chi connectivity index (χ4v) is 2.25. The van der Waals surface area contributed by atoms with E-state index in [4.69, 9.17) is 11.6 Å². The number of Topliss-reactive ketones (excluding diaryl/α,β-unsaturated/α-hetero) is 1. The van der Waals surface area contributed by atoms with Gasteiger partial charge in [0.1, 0.15) is 6.54 Å². The van der Waals surface area contributed by atoms with E-state index in [1.165, 1.54) is 11.0 Å². The van der Waals surface area contributed by atoms with Crippen molar-refractivity contribution in [2.45, 2.75) is 18.9 Å². The van der Waals surface area contributed by atoms with Crippen LogP contribution in [0.2, 0.25) is 5.02 Å². The topological polar surface area (TPSA) is 66.5 Å². The van der Waals surface area contributed by atoms with E-state index in [1.807, 2.05) is 0 Å². The Bertz CT molecular complexity index is 596. The number of benzene rings is 1. The highest BCUT2D eigenvalue weighted by Gasteiger charge is 2.37. The van der Waals surface area contributed by atoms with E-state index in [0.29, 0.717) is 10.7 Å². The van der Waals surface area contributed by atoms with Gasteiger partial charge in [0, 0.05) is 11.1 Å². The van der Waals surface area contributed by atoms with Gasteiger partial charge in [-0.15, -0.1) is 0 Å². The fourth-order valence-electron chi connectivity index (χ4n) is 2.07. The second kappa shape index (κ2) is 4.35. The molecular formula is C13H11ClN2O3. The molecule has 19 heavy (non-hydrogen) atoms. The standard InChI is InChI=1S/C13H11ClN2O3/c14-7-1-4-10-9(5-7)12(18)13(19)16(10)6-11(17)15-8-2-3-8/h1,4-5,8H,2-3,6H2,(H,15,17). The normalized spacial score (nSPS) is 17.6. The number of nitrogens with zero attached hydrogens (tertiary/aromatic N) is 1. The summed E-state index contributed by atoms with van der Waals surface area (Å²) in [4.78, 5) is 36.6. The molecule has 0 spiro atoms. The molecule has 0 bridgehead atoms. The van der Waals surface area contributed by atoms with Crippen molar-refractivity contribution in [3.05, 3.63) is 28.8 Å². The fraction of sp³-hybridized carbons (Fsp3) is 0.308. The molecule has 2 aliphatic rings. The molecule has 1 heterocycles. The summed E-state index contributed by atoms with van der Waals surface area (Å²) >= 11 is 5.81. The van der Waals surface area contributed by atoms with Crippen molar-refractivity contribution < 1.29 is 14.4 Å². The summed E-state index contributed by atoms with van der Waals surface area (Å²) in [6.45, 7) is -0.129. The van der Waals surface area contributed by atoms with Crippen molar-refractivity contribution in [3.8, 4) is 0 Å². The van der Waals surface area contributed by atoms with Crippen LogP contribution in [0.3, 0.4) is 0 Å². The lowest BCUT2D eigenvalue weighted by molar-refractivity contribution is -0.122. The van der Waals surface area contributed by atoms with E-state index in [-0.39, 0.29) is 24.1 Å². The minimum absolute atomic E-state index is 0.129. The van der Waals surface area contributed by atoms with Gasteiger partial charge in [0.2, 0.25) is 5.91 Å². The van der Waals surface area contributed by atoms with Gasteiger partial charge in [-0.05, 0) is 31.0 Å². The molecule has 1 saturated carbocycles. The van der Waals surface area contributed by atoms with Crippen molar-refractivity contribution in [2.75, 3.05) is 11.4 Å². The van der Waals surface area contributed by atoms with Crippen molar-refractivity contribution in [3.63, 3.8) is 0 Å². The lowest BCUT2D eigenvalue weighted by atomic mass is 10.1.